The summed E-state index contributed by atoms with van der Waals surface area (Å²) < 4.78 is 84.1. The molecule has 35 heavy (non-hydrogen) atoms. The third-order valence-corrected chi connectivity index (χ3v) is 9.11. The van der Waals surface area contributed by atoms with Crippen LogP contribution in [-0.4, -0.2) is 87.1 Å². The summed E-state index contributed by atoms with van der Waals surface area (Å²) in [6, 6.07) is -0.0573. The lowest BCUT2D eigenvalue weighted by molar-refractivity contribution is 0.145. The highest BCUT2D eigenvalue weighted by Gasteiger charge is 2.35. The Labute approximate surface area is 214 Å². The third-order valence-electron chi connectivity index (χ3n) is 3.89. The molecule has 0 heterocycles. The van der Waals surface area contributed by atoms with Crippen LogP contribution in [0.2, 0.25) is 0 Å². The van der Waals surface area contributed by atoms with Gasteiger partial charge in [-0.15, -0.1) is 0 Å². The third kappa shape index (κ3) is 25.1. The van der Waals surface area contributed by atoms with Gasteiger partial charge in [-0.2, -0.15) is 0 Å². The molecule has 1 aliphatic rings. The zero-order valence-corrected chi connectivity index (χ0v) is 25.1. The Morgan fingerprint density at radius 3 is 1.49 bits per heavy atom. The van der Waals surface area contributed by atoms with E-state index in [1.54, 1.807) is 27.7 Å². The van der Waals surface area contributed by atoms with Gasteiger partial charge >= 0.3 is 0 Å². The van der Waals surface area contributed by atoms with Gasteiger partial charge in [-0.05, 0) is 60.8 Å². The summed E-state index contributed by atoms with van der Waals surface area (Å²) in [4.78, 5) is 0. The van der Waals surface area contributed by atoms with Gasteiger partial charge in [0, 0.05) is 31.8 Å². The monoisotopic (exact) mass is 567 g/mol. The van der Waals surface area contributed by atoms with Gasteiger partial charge in [0.15, 0.2) is 0 Å². The van der Waals surface area contributed by atoms with Gasteiger partial charge in [0.25, 0.3) is 0 Å². The van der Waals surface area contributed by atoms with E-state index in [0.717, 1.165) is 25.7 Å². The van der Waals surface area contributed by atoms with Crippen molar-refractivity contribution < 1.29 is 34.7 Å². The number of hydrogen-bond donors (Lipinski definition) is 3. The normalized spacial score (nSPS) is 14.5. The fourth-order valence-corrected chi connectivity index (χ4v) is 6.35. The summed E-state index contributed by atoms with van der Waals surface area (Å²) >= 11 is 0. The first kappa shape index (κ1) is 36.8. The molecule has 214 valence electrons. The molecule has 0 spiro atoms. The smallest absolute Gasteiger partial charge is 0.214 e. The number of unbranched alkanes of at least 4 members (excludes halogenated alkanes) is 1. The van der Waals surface area contributed by atoms with Gasteiger partial charge in [-0.1, -0.05) is 13.3 Å². The van der Waals surface area contributed by atoms with Crippen molar-refractivity contribution in [3.05, 3.63) is 0 Å². The number of ether oxygens (including phenoxy) is 2. The fraction of sp³-hybridized carbons (Fsp3) is 1.00. The highest BCUT2D eigenvalue weighted by atomic mass is 32.2. The van der Waals surface area contributed by atoms with Crippen LogP contribution in [-0.2, 0) is 39.5 Å². The lowest BCUT2D eigenvalue weighted by atomic mass is 10.4. The molecule has 1 fully saturated rings. The Morgan fingerprint density at radius 2 is 1.14 bits per heavy atom. The molecular formula is C21H49N3O8S3. The molecule has 11 nitrogen and oxygen atoms in total. The van der Waals surface area contributed by atoms with Gasteiger partial charge < -0.3 is 9.47 Å². The number of methoxy groups -OCH3 is 1. The quantitative estimate of drug-likeness (QED) is 0.237. The van der Waals surface area contributed by atoms with Crippen LogP contribution < -0.4 is 14.2 Å². The Bertz CT molecular complexity index is 839. The topological polar surface area (TPSA) is 157 Å². The van der Waals surface area contributed by atoms with Crippen LogP contribution in [0, 0.1) is 0 Å². The second-order valence-electron chi connectivity index (χ2n) is 9.16. The molecule has 14 heteroatoms. The van der Waals surface area contributed by atoms with Crippen LogP contribution in [0.5, 0.6) is 0 Å². The van der Waals surface area contributed by atoms with E-state index >= 15 is 0 Å². The van der Waals surface area contributed by atoms with Crippen molar-refractivity contribution in [1.82, 2.24) is 14.2 Å². The molecule has 0 radical (unpaired) electrons. The number of rotatable bonds is 16. The van der Waals surface area contributed by atoms with E-state index < -0.39 is 30.1 Å². The lowest BCUT2D eigenvalue weighted by Crippen LogP contribution is -2.33. The Hall–Kier alpha value is -0.350. The van der Waals surface area contributed by atoms with E-state index in [9.17, 15) is 25.3 Å². The minimum Gasteiger partial charge on any atom is -0.384 e. The van der Waals surface area contributed by atoms with Gasteiger partial charge in [0.1, 0.15) is 0 Å². The lowest BCUT2D eigenvalue weighted by Gasteiger charge is -2.09. The molecular weight excluding hydrogens is 518 g/mol. The summed E-state index contributed by atoms with van der Waals surface area (Å²) in [7, 11) is -7.72. The Morgan fingerprint density at radius 1 is 0.714 bits per heavy atom. The fourth-order valence-electron chi connectivity index (χ4n) is 2.35. The predicted octanol–water partition coefficient (Wildman–Crippen LogP) is 1.57. The zero-order chi connectivity index (χ0) is 27.7. The molecule has 1 rings (SSSR count). The SMILES string of the molecule is CC(C)NS(=O)(=O)C1CC1.CCCCOCCS(=O)(=O)NC(C)C.COCCS(=O)(=O)NC(C)C. The zero-order valence-electron chi connectivity index (χ0n) is 22.7. The van der Waals surface area contributed by atoms with E-state index in [1.165, 1.54) is 7.11 Å². The maximum absolute atomic E-state index is 11.3. The highest BCUT2D eigenvalue weighted by Crippen LogP contribution is 2.27. The van der Waals surface area contributed by atoms with E-state index in [1.807, 2.05) is 13.8 Å². The summed E-state index contributed by atoms with van der Waals surface area (Å²) in [5.74, 6) is 0.0799. The largest absolute Gasteiger partial charge is 0.384 e. The molecule has 0 aliphatic heterocycles. The molecule has 3 N–H and O–H groups in total. The summed E-state index contributed by atoms with van der Waals surface area (Å²) in [5.41, 5.74) is 0. The number of sulfonamides is 3. The second kappa shape index (κ2) is 18.8. The van der Waals surface area contributed by atoms with Crippen molar-refractivity contribution in [2.45, 2.75) is 97.5 Å². The highest BCUT2D eigenvalue weighted by molar-refractivity contribution is 7.90. The van der Waals surface area contributed by atoms with Crippen LogP contribution >= 0.6 is 0 Å². The van der Waals surface area contributed by atoms with Crippen molar-refractivity contribution in [3.63, 3.8) is 0 Å². The van der Waals surface area contributed by atoms with Crippen molar-refractivity contribution in [1.29, 1.82) is 0 Å². The van der Waals surface area contributed by atoms with Crippen molar-refractivity contribution in [2.75, 3.05) is 38.4 Å². The summed E-state index contributed by atoms with van der Waals surface area (Å²) in [5, 5.41) is -0.0881. The van der Waals surface area contributed by atoms with Gasteiger partial charge in [0.2, 0.25) is 30.1 Å². The van der Waals surface area contributed by atoms with Crippen molar-refractivity contribution in [2.24, 2.45) is 0 Å². The second-order valence-corrected chi connectivity index (χ2v) is 14.9. The maximum atomic E-state index is 11.3. The van der Waals surface area contributed by atoms with Gasteiger partial charge in [0.05, 0.1) is 30.0 Å². The molecule has 0 aromatic carbocycles. The average molecular weight is 568 g/mol. The van der Waals surface area contributed by atoms with Crippen LogP contribution in [0.4, 0.5) is 0 Å². The Balaban J connectivity index is 0. The molecule has 0 aromatic heterocycles. The predicted molar refractivity (Wildman–Crippen MR) is 142 cm³/mol. The molecule has 0 amide bonds. The minimum absolute atomic E-state index is 0.0294. The van der Waals surface area contributed by atoms with Crippen LogP contribution in [0.1, 0.15) is 74.1 Å². The molecule has 1 aliphatic carbocycles. The molecule has 0 bridgehead atoms. The van der Waals surface area contributed by atoms with Crippen molar-refractivity contribution in [3.8, 4) is 0 Å². The first-order chi connectivity index (χ1) is 16.0. The average Bonchev–Trinajstić information content (AvgIpc) is 3.50. The van der Waals surface area contributed by atoms with Gasteiger partial charge in [-0.25, -0.2) is 39.4 Å². The van der Waals surface area contributed by atoms with E-state index in [-0.39, 0.29) is 48.1 Å². The first-order valence-corrected chi connectivity index (χ1v) is 16.9. The van der Waals surface area contributed by atoms with Gasteiger partial charge in [-0.3, -0.25) is 0 Å². The summed E-state index contributed by atoms with van der Waals surface area (Å²) in [6.45, 7) is 14.1. The molecule has 0 atom stereocenters. The van der Waals surface area contributed by atoms with E-state index in [2.05, 4.69) is 25.8 Å². The Kier molecular flexibility index (Phi) is 19.8. The van der Waals surface area contributed by atoms with Crippen molar-refractivity contribution >= 4 is 30.1 Å². The standard InChI is InChI=1S/C9H21NO3S.C6H15NO3S.C6H13NO2S/c1-4-5-6-13-7-8-14(11,12)10-9(2)3;1-6(2)7-11(8,9)5-4-10-3;1-5(2)7-10(8,9)6-3-4-6/h9-10H,4-8H2,1-3H3;6-7H,4-5H2,1-3H3;5-7H,3-4H2,1-2H3. The van der Waals surface area contributed by atoms with Crippen LogP contribution in [0.3, 0.4) is 0 Å². The maximum Gasteiger partial charge on any atom is 0.214 e. The first-order valence-electron chi connectivity index (χ1n) is 12.1. The minimum atomic E-state index is -3.14. The van der Waals surface area contributed by atoms with E-state index in [0.29, 0.717) is 6.61 Å². The summed E-state index contributed by atoms with van der Waals surface area (Å²) in [6.07, 6.45) is 3.72. The molecule has 1 saturated carbocycles. The number of hydrogen-bond acceptors (Lipinski definition) is 8. The molecule has 0 saturated heterocycles. The van der Waals surface area contributed by atoms with E-state index in [4.69, 9.17) is 4.74 Å². The molecule has 0 aromatic rings. The number of nitrogens with one attached hydrogen (secondary N) is 3. The van der Waals surface area contributed by atoms with Crippen LogP contribution in [0.15, 0.2) is 0 Å². The molecule has 0 unspecified atom stereocenters. The van der Waals surface area contributed by atoms with Crippen LogP contribution in [0.25, 0.3) is 0 Å².